The van der Waals surface area contributed by atoms with Crippen LogP contribution in [0.5, 0.6) is 0 Å². The molecule has 2 fully saturated rings. The summed E-state index contributed by atoms with van der Waals surface area (Å²) in [5.74, 6) is 0.206. The standard InChI is InChI=1S/C31H39NO4S/c1-20-7-9-24(10-8-20)30(34)32(25-15-17-26(33)18-16-25)27-19-28(37-29(27)31(35)36)23-13-11-22(12-14-23)21-5-3-2-4-6-21/h2-6,13,19-20,22,24-26,33H,7-12,14-18H2,1H3,(H,35,36). The summed E-state index contributed by atoms with van der Waals surface area (Å²) in [6.45, 7) is 2.24. The molecule has 1 unspecified atom stereocenters. The van der Waals surface area contributed by atoms with E-state index in [0.717, 1.165) is 49.8 Å². The van der Waals surface area contributed by atoms with Crippen LogP contribution in [0.1, 0.15) is 104 Å². The van der Waals surface area contributed by atoms with Gasteiger partial charge in [-0.15, -0.1) is 11.3 Å². The van der Waals surface area contributed by atoms with Crippen molar-refractivity contribution in [2.45, 2.75) is 95.6 Å². The number of aliphatic hydroxyl groups excluding tert-OH is 1. The van der Waals surface area contributed by atoms with Crippen molar-refractivity contribution in [3.63, 3.8) is 0 Å². The van der Waals surface area contributed by atoms with Gasteiger partial charge in [0.25, 0.3) is 0 Å². The van der Waals surface area contributed by atoms with Gasteiger partial charge in [-0.25, -0.2) is 4.79 Å². The molecule has 1 heterocycles. The van der Waals surface area contributed by atoms with Gasteiger partial charge in [0.1, 0.15) is 4.88 Å². The van der Waals surface area contributed by atoms with Gasteiger partial charge in [0.05, 0.1) is 11.8 Å². The largest absolute Gasteiger partial charge is 0.477 e. The third-order valence-corrected chi connectivity index (χ3v) is 9.99. The molecule has 5 nitrogen and oxygen atoms in total. The molecule has 0 radical (unpaired) electrons. The van der Waals surface area contributed by atoms with Crippen molar-refractivity contribution in [1.82, 2.24) is 0 Å². The molecule has 2 aromatic rings. The SMILES string of the molecule is CC1CCC(C(=O)N(c2cc(C3=CCC(c4ccccc4)CC3)sc2C(=O)O)C2CCC(O)CC2)CC1. The number of anilines is 1. The summed E-state index contributed by atoms with van der Waals surface area (Å²) in [4.78, 5) is 29.6. The first-order chi connectivity index (χ1) is 17.9. The maximum atomic E-state index is 14.0. The predicted molar refractivity (Wildman–Crippen MR) is 149 cm³/mol. The number of carbonyl (C=O) groups is 2. The van der Waals surface area contributed by atoms with Crippen molar-refractivity contribution in [3.05, 3.63) is 57.8 Å². The Morgan fingerprint density at radius 1 is 0.946 bits per heavy atom. The molecule has 3 aliphatic carbocycles. The predicted octanol–water partition coefficient (Wildman–Crippen LogP) is 7.26. The fourth-order valence-electron chi connectivity index (χ4n) is 6.47. The Hall–Kier alpha value is -2.44. The molecule has 0 spiro atoms. The first kappa shape index (κ1) is 26.2. The molecule has 0 saturated heterocycles. The molecule has 0 bridgehead atoms. The van der Waals surface area contributed by atoms with E-state index in [1.807, 2.05) is 17.0 Å². The van der Waals surface area contributed by atoms with E-state index in [-0.39, 0.29) is 28.8 Å². The summed E-state index contributed by atoms with van der Waals surface area (Å²) < 4.78 is 0. The number of rotatable bonds is 6. The highest BCUT2D eigenvalue weighted by Crippen LogP contribution is 2.43. The fourth-order valence-corrected chi connectivity index (χ4v) is 7.53. The monoisotopic (exact) mass is 521 g/mol. The van der Waals surface area contributed by atoms with Crippen LogP contribution in [0.3, 0.4) is 0 Å². The first-order valence-electron chi connectivity index (χ1n) is 14.0. The van der Waals surface area contributed by atoms with Crippen LogP contribution in [0, 0.1) is 11.8 Å². The van der Waals surface area contributed by atoms with E-state index in [9.17, 15) is 19.8 Å². The lowest BCUT2D eigenvalue weighted by atomic mass is 9.81. The summed E-state index contributed by atoms with van der Waals surface area (Å²) in [7, 11) is 0. The van der Waals surface area contributed by atoms with E-state index in [2.05, 4.69) is 37.3 Å². The van der Waals surface area contributed by atoms with Crippen LogP contribution in [-0.4, -0.2) is 34.2 Å². The van der Waals surface area contributed by atoms with Crippen LogP contribution in [0.2, 0.25) is 0 Å². The average molecular weight is 522 g/mol. The van der Waals surface area contributed by atoms with Gasteiger partial charge in [0.2, 0.25) is 5.91 Å². The lowest BCUT2D eigenvalue weighted by molar-refractivity contribution is -0.124. The van der Waals surface area contributed by atoms with Gasteiger partial charge in [0, 0.05) is 16.8 Å². The van der Waals surface area contributed by atoms with Gasteiger partial charge >= 0.3 is 5.97 Å². The van der Waals surface area contributed by atoms with Crippen molar-refractivity contribution < 1.29 is 19.8 Å². The Morgan fingerprint density at radius 3 is 2.27 bits per heavy atom. The minimum atomic E-state index is -0.962. The first-order valence-corrected chi connectivity index (χ1v) is 14.8. The topological polar surface area (TPSA) is 77.8 Å². The zero-order valence-corrected chi connectivity index (χ0v) is 22.6. The normalized spacial score (nSPS) is 28.4. The number of carboxylic acids is 1. The average Bonchev–Trinajstić information content (AvgIpc) is 3.36. The lowest BCUT2D eigenvalue weighted by Crippen LogP contribution is -2.47. The van der Waals surface area contributed by atoms with Gasteiger partial charge in [0.15, 0.2) is 0 Å². The summed E-state index contributed by atoms with van der Waals surface area (Å²) in [6, 6.07) is 12.5. The number of carbonyl (C=O) groups excluding carboxylic acids is 1. The Labute approximate surface area is 224 Å². The highest BCUT2D eigenvalue weighted by Gasteiger charge is 2.37. The van der Waals surface area contributed by atoms with Crippen molar-refractivity contribution >= 4 is 34.5 Å². The van der Waals surface area contributed by atoms with Gasteiger partial charge in [-0.1, -0.05) is 43.3 Å². The molecule has 3 aliphatic rings. The number of nitrogens with zero attached hydrogens (tertiary/aromatic N) is 1. The van der Waals surface area contributed by atoms with Crippen LogP contribution in [0.25, 0.3) is 5.57 Å². The van der Waals surface area contributed by atoms with Crippen LogP contribution in [0.15, 0.2) is 42.5 Å². The van der Waals surface area contributed by atoms with Crippen molar-refractivity contribution in [2.75, 3.05) is 4.90 Å². The maximum Gasteiger partial charge on any atom is 0.348 e. The zero-order valence-electron chi connectivity index (χ0n) is 21.8. The smallest absolute Gasteiger partial charge is 0.348 e. The summed E-state index contributed by atoms with van der Waals surface area (Å²) in [5, 5.41) is 20.3. The highest BCUT2D eigenvalue weighted by molar-refractivity contribution is 7.15. The molecule has 198 valence electrons. The van der Waals surface area contributed by atoms with E-state index in [0.29, 0.717) is 43.2 Å². The second-order valence-electron chi connectivity index (χ2n) is 11.4. The molecule has 6 heteroatoms. The maximum absolute atomic E-state index is 14.0. The summed E-state index contributed by atoms with van der Waals surface area (Å²) in [5.41, 5.74) is 3.13. The van der Waals surface area contributed by atoms with Crippen LogP contribution < -0.4 is 4.90 Å². The van der Waals surface area contributed by atoms with Crippen molar-refractivity contribution in [3.8, 4) is 0 Å². The third-order valence-electron chi connectivity index (χ3n) is 8.80. The van der Waals surface area contributed by atoms with Gasteiger partial charge < -0.3 is 15.1 Å². The summed E-state index contributed by atoms with van der Waals surface area (Å²) in [6.07, 6.45) is 11.4. The fraction of sp³-hybridized carbons (Fsp3) is 0.548. The number of amides is 1. The van der Waals surface area contributed by atoms with E-state index in [4.69, 9.17) is 0 Å². The number of hydrogen-bond donors (Lipinski definition) is 2. The molecule has 0 aliphatic heterocycles. The van der Waals surface area contributed by atoms with E-state index in [1.165, 1.54) is 22.5 Å². The van der Waals surface area contributed by atoms with Crippen molar-refractivity contribution in [1.29, 1.82) is 0 Å². The third kappa shape index (κ3) is 5.85. The van der Waals surface area contributed by atoms with Crippen molar-refractivity contribution in [2.24, 2.45) is 11.8 Å². The van der Waals surface area contributed by atoms with Crippen LogP contribution in [-0.2, 0) is 4.79 Å². The number of aliphatic hydroxyl groups is 1. The molecule has 2 saturated carbocycles. The zero-order chi connectivity index (χ0) is 25.9. The van der Waals surface area contributed by atoms with Gasteiger partial charge in [-0.3, -0.25) is 4.79 Å². The molecule has 1 aromatic heterocycles. The number of hydrogen-bond acceptors (Lipinski definition) is 4. The Bertz CT molecular complexity index is 1120. The van der Waals surface area contributed by atoms with E-state index < -0.39 is 5.97 Å². The van der Waals surface area contributed by atoms with Crippen LogP contribution in [0.4, 0.5) is 5.69 Å². The van der Waals surface area contributed by atoms with Gasteiger partial charge in [-0.2, -0.15) is 0 Å². The Morgan fingerprint density at radius 2 is 1.65 bits per heavy atom. The lowest BCUT2D eigenvalue weighted by Gasteiger charge is -2.38. The molecule has 2 N–H and O–H groups in total. The molecular formula is C31H39NO4S. The molecule has 1 atom stereocenters. The number of aromatic carboxylic acids is 1. The quantitative estimate of drug-likeness (QED) is 0.419. The number of allylic oxidation sites excluding steroid dienone is 2. The number of thiophene rings is 1. The Balaban J connectivity index is 1.45. The second kappa shape index (κ2) is 11.5. The highest BCUT2D eigenvalue weighted by atomic mass is 32.1. The molecule has 1 amide bonds. The van der Waals surface area contributed by atoms with E-state index >= 15 is 0 Å². The number of benzene rings is 1. The molecule has 5 rings (SSSR count). The number of carboxylic acid groups (broad SMARTS) is 1. The Kier molecular flexibility index (Phi) is 8.15. The van der Waals surface area contributed by atoms with Crippen LogP contribution >= 0.6 is 11.3 Å². The minimum Gasteiger partial charge on any atom is -0.477 e. The second-order valence-corrected chi connectivity index (χ2v) is 12.4. The molecular weight excluding hydrogens is 482 g/mol. The minimum absolute atomic E-state index is 0.0476. The van der Waals surface area contributed by atoms with Gasteiger partial charge in [-0.05, 0) is 99.7 Å². The van der Waals surface area contributed by atoms with E-state index in [1.54, 1.807) is 0 Å². The molecule has 1 aromatic carbocycles. The molecule has 37 heavy (non-hydrogen) atoms. The summed E-state index contributed by atoms with van der Waals surface area (Å²) >= 11 is 1.32.